The van der Waals surface area contributed by atoms with Crippen LogP contribution < -0.4 is 0 Å². The standard InChI is InChI=1S/C9H15Br/c1-3-8-4-5-9(6-10)7(8)2/h5,7-8H,3-4,6H2,1-2H3/t7-,8-/m1/s1. The normalized spacial score (nSPS) is 32.5. The fourth-order valence-corrected chi connectivity index (χ4v) is 2.43. The molecule has 10 heavy (non-hydrogen) atoms. The van der Waals surface area contributed by atoms with E-state index in [1.165, 1.54) is 12.8 Å². The van der Waals surface area contributed by atoms with Crippen LogP contribution in [-0.2, 0) is 0 Å². The number of allylic oxidation sites excluding steroid dienone is 2. The van der Waals surface area contributed by atoms with Crippen LogP contribution in [0.5, 0.6) is 0 Å². The van der Waals surface area contributed by atoms with Gasteiger partial charge in [-0.2, -0.15) is 0 Å². The van der Waals surface area contributed by atoms with Crippen molar-refractivity contribution in [3.63, 3.8) is 0 Å². The maximum atomic E-state index is 3.50. The number of hydrogen-bond donors (Lipinski definition) is 0. The second-order valence-corrected chi connectivity index (χ2v) is 3.67. The van der Waals surface area contributed by atoms with E-state index in [1.807, 2.05) is 0 Å². The largest absolute Gasteiger partial charge is 0.0880 e. The van der Waals surface area contributed by atoms with Gasteiger partial charge in [-0.25, -0.2) is 0 Å². The number of halogens is 1. The molecule has 0 amide bonds. The first-order valence-corrected chi connectivity index (χ1v) is 5.16. The molecule has 0 saturated heterocycles. The molecule has 2 atom stereocenters. The van der Waals surface area contributed by atoms with Crippen LogP contribution in [0.25, 0.3) is 0 Å². The lowest BCUT2D eigenvalue weighted by atomic mass is 9.92. The van der Waals surface area contributed by atoms with Gasteiger partial charge in [-0.05, 0) is 18.3 Å². The molecule has 0 aromatic heterocycles. The second-order valence-electron chi connectivity index (χ2n) is 3.11. The molecule has 0 radical (unpaired) electrons. The van der Waals surface area contributed by atoms with Crippen LogP contribution in [0.1, 0.15) is 26.7 Å². The Labute approximate surface area is 71.8 Å². The highest BCUT2D eigenvalue weighted by atomic mass is 79.9. The maximum Gasteiger partial charge on any atom is 0.0244 e. The molecule has 0 saturated carbocycles. The van der Waals surface area contributed by atoms with Crippen LogP contribution in [0.4, 0.5) is 0 Å². The zero-order chi connectivity index (χ0) is 7.56. The Hall–Kier alpha value is 0.220. The molecule has 1 rings (SSSR count). The summed E-state index contributed by atoms with van der Waals surface area (Å²) in [4.78, 5) is 0. The Kier molecular flexibility index (Phi) is 2.96. The molecule has 0 aliphatic heterocycles. The summed E-state index contributed by atoms with van der Waals surface area (Å²) in [7, 11) is 0. The molecule has 0 nitrogen and oxygen atoms in total. The van der Waals surface area contributed by atoms with Crippen molar-refractivity contribution in [2.75, 3.05) is 5.33 Å². The van der Waals surface area contributed by atoms with Crippen LogP contribution >= 0.6 is 15.9 Å². The molecule has 1 aliphatic carbocycles. The minimum absolute atomic E-state index is 0.823. The van der Waals surface area contributed by atoms with Crippen molar-refractivity contribution in [1.82, 2.24) is 0 Å². The molecular formula is C9H15Br. The molecule has 58 valence electrons. The lowest BCUT2D eigenvalue weighted by Gasteiger charge is -2.15. The summed E-state index contributed by atoms with van der Waals surface area (Å²) < 4.78 is 0. The highest BCUT2D eigenvalue weighted by Crippen LogP contribution is 2.34. The minimum Gasteiger partial charge on any atom is -0.0880 e. The van der Waals surface area contributed by atoms with Crippen LogP contribution in [-0.4, -0.2) is 5.33 Å². The number of rotatable bonds is 2. The molecule has 0 bridgehead atoms. The number of hydrogen-bond acceptors (Lipinski definition) is 0. The van der Waals surface area contributed by atoms with Gasteiger partial charge in [-0.15, -0.1) is 0 Å². The van der Waals surface area contributed by atoms with E-state index in [4.69, 9.17) is 0 Å². The van der Waals surface area contributed by atoms with E-state index in [2.05, 4.69) is 35.9 Å². The summed E-state index contributed by atoms with van der Waals surface area (Å²) in [6, 6.07) is 0. The van der Waals surface area contributed by atoms with Gasteiger partial charge in [0, 0.05) is 5.33 Å². The van der Waals surface area contributed by atoms with Gasteiger partial charge >= 0.3 is 0 Å². The van der Waals surface area contributed by atoms with E-state index in [0.29, 0.717) is 0 Å². The maximum absolute atomic E-state index is 3.50. The molecule has 1 heteroatoms. The van der Waals surface area contributed by atoms with Crippen LogP contribution in [0.15, 0.2) is 11.6 Å². The van der Waals surface area contributed by atoms with E-state index >= 15 is 0 Å². The molecule has 0 fully saturated rings. The van der Waals surface area contributed by atoms with Gasteiger partial charge in [0.2, 0.25) is 0 Å². The average Bonchev–Trinajstić information content (AvgIpc) is 2.30. The zero-order valence-electron chi connectivity index (χ0n) is 6.73. The fourth-order valence-electron chi connectivity index (χ4n) is 1.69. The number of alkyl halides is 1. The summed E-state index contributed by atoms with van der Waals surface area (Å²) >= 11 is 3.50. The Morgan fingerprint density at radius 1 is 1.70 bits per heavy atom. The van der Waals surface area contributed by atoms with Crippen molar-refractivity contribution < 1.29 is 0 Å². The molecular weight excluding hydrogens is 188 g/mol. The Balaban J connectivity index is 2.51. The highest BCUT2D eigenvalue weighted by molar-refractivity contribution is 9.09. The first kappa shape index (κ1) is 8.32. The third-order valence-corrected chi connectivity index (χ3v) is 3.30. The summed E-state index contributed by atoms with van der Waals surface area (Å²) in [5.74, 6) is 1.75. The summed E-state index contributed by atoms with van der Waals surface area (Å²) in [5, 5.41) is 1.07. The lowest BCUT2D eigenvalue weighted by molar-refractivity contribution is 0.427. The van der Waals surface area contributed by atoms with Gasteiger partial charge in [0.1, 0.15) is 0 Å². The van der Waals surface area contributed by atoms with Crippen molar-refractivity contribution in [3.05, 3.63) is 11.6 Å². The molecule has 0 N–H and O–H groups in total. The highest BCUT2D eigenvalue weighted by Gasteiger charge is 2.22. The van der Waals surface area contributed by atoms with Gasteiger partial charge < -0.3 is 0 Å². The first-order chi connectivity index (χ1) is 4.79. The van der Waals surface area contributed by atoms with Gasteiger partial charge in [-0.1, -0.05) is 47.8 Å². The zero-order valence-corrected chi connectivity index (χ0v) is 8.32. The van der Waals surface area contributed by atoms with Crippen LogP contribution in [0.3, 0.4) is 0 Å². The first-order valence-electron chi connectivity index (χ1n) is 4.04. The summed E-state index contributed by atoms with van der Waals surface area (Å²) in [6.07, 6.45) is 5.03. The molecule has 0 unspecified atom stereocenters. The van der Waals surface area contributed by atoms with Crippen molar-refractivity contribution in [2.45, 2.75) is 26.7 Å². The van der Waals surface area contributed by atoms with E-state index in [-0.39, 0.29) is 0 Å². The summed E-state index contributed by atoms with van der Waals surface area (Å²) in [5.41, 5.74) is 1.60. The van der Waals surface area contributed by atoms with Gasteiger partial charge in [-0.3, -0.25) is 0 Å². The summed E-state index contributed by atoms with van der Waals surface area (Å²) in [6.45, 7) is 4.63. The lowest BCUT2D eigenvalue weighted by Crippen LogP contribution is -2.06. The predicted octanol–water partition coefficient (Wildman–Crippen LogP) is 3.37. The van der Waals surface area contributed by atoms with Gasteiger partial charge in [0.05, 0.1) is 0 Å². The van der Waals surface area contributed by atoms with E-state index in [9.17, 15) is 0 Å². The Morgan fingerprint density at radius 2 is 2.40 bits per heavy atom. The second kappa shape index (κ2) is 3.56. The fraction of sp³-hybridized carbons (Fsp3) is 0.778. The van der Waals surface area contributed by atoms with Gasteiger partial charge in [0.15, 0.2) is 0 Å². The average molecular weight is 203 g/mol. The van der Waals surface area contributed by atoms with E-state index < -0.39 is 0 Å². The van der Waals surface area contributed by atoms with E-state index in [1.54, 1.807) is 5.57 Å². The van der Waals surface area contributed by atoms with Crippen molar-refractivity contribution in [1.29, 1.82) is 0 Å². The monoisotopic (exact) mass is 202 g/mol. The third-order valence-electron chi connectivity index (χ3n) is 2.65. The molecule has 0 heterocycles. The predicted molar refractivity (Wildman–Crippen MR) is 49.4 cm³/mol. The Morgan fingerprint density at radius 3 is 2.70 bits per heavy atom. The van der Waals surface area contributed by atoms with Crippen LogP contribution in [0.2, 0.25) is 0 Å². The van der Waals surface area contributed by atoms with Crippen molar-refractivity contribution in [3.8, 4) is 0 Å². The van der Waals surface area contributed by atoms with Crippen molar-refractivity contribution >= 4 is 15.9 Å². The van der Waals surface area contributed by atoms with Gasteiger partial charge in [0.25, 0.3) is 0 Å². The molecule has 0 aromatic rings. The Bertz CT molecular complexity index is 138. The molecule has 0 spiro atoms. The quantitative estimate of drug-likeness (QED) is 0.476. The molecule has 0 aromatic carbocycles. The molecule has 1 aliphatic rings. The van der Waals surface area contributed by atoms with E-state index in [0.717, 1.165) is 17.2 Å². The minimum atomic E-state index is 0.823. The van der Waals surface area contributed by atoms with Crippen LogP contribution in [0, 0.1) is 11.8 Å². The smallest absolute Gasteiger partial charge is 0.0244 e. The SMILES string of the molecule is CC[C@@H]1CC=C(CBr)[C@@H]1C. The van der Waals surface area contributed by atoms with Crippen molar-refractivity contribution in [2.24, 2.45) is 11.8 Å². The third kappa shape index (κ3) is 1.45. The topological polar surface area (TPSA) is 0 Å².